The van der Waals surface area contributed by atoms with Gasteiger partial charge >= 0.3 is 0 Å². The van der Waals surface area contributed by atoms with Gasteiger partial charge in [-0.25, -0.2) is 0 Å². The van der Waals surface area contributed by atoms with Crippen LogP contribution in [0.2, 0.25) is 0 Å². The monoisotopic (exact) mass is 512 g/mol. The Bertz CT molecular complexity index is 954. The lowest BCUT2D eigenvalue weighted by Gasteiger charge is -2.39. The standard InChI is InChI=1S/C36H52N2/c1-25-15-13-16-26(2)35(25)37-23-29(5)33(31-19-9-7-10-20-31)34(32-21-11-8-12-22-32)30(6)24-38-36-27(3)17-14-18-28(36)4/h7-12,15,17,19-22,26,28-30,33-38H,13-14,16,18,23-24H2,1-6H3/t26-,28?,29?,30+,33?,34+,35+,36-/m0/s1. The molecule has 2 N–H and O–H groups in total. The third-order valence-corrected chi connectivity index (χ3v) is 9.60. The Morgan fingerprint density at radius 2 is 1.00 bits per heavy atom. The zero-order valence-corrected chi connectivity index (χ0v) is 24.8. The highest BCUT2D eigenvalue weighted by atomic mass is 14.9. The summed E-state index contributed by atoms with van der Waals surface area (Å²) >= 11 is 0. The number of rotatable bonds is 11. The van der Waals surface area contributed by atoms with Crippen molar-refractivity contribution < 1.29 is 0 Å². The van der Waals surface area contributed by atoms with Crippen LogP contribution < -0.4 is 10.6 Å². The highest BCUT2D eigenvalue weighted by molar-refractivity contribution is 5.30. The molecular formula is C36H52N2. The molecule has 4 rings (SSSR count). The van der Waals surface area contributed by atoms with Crippen LogP contribution in [-0.4, -0.2) is 25.2 Å². The Hall–Kier alpha value is -2.16. The zero-order chi connectivity index (χ0) is 27.1. The first-order chi connectivity index (χ1) is 18.4. The average molecular weight is 513 g/mol. The van der Waals surface area contributed by atoms with Gasteiger partial charge in [-0.2, -0.15) is 0 Å². The molecule has 8 atom stereocenters. The SMILES string of the molecule is CC1=CCC[C@H](C)[C@@H]1NCC(C)C(c1ccccc1)[C@@H](c1ccccc1)[C@H](C)CN[C@H]1C(C)=CCCC1C. The summed E-state index contributed by atoms with van der Waals surface area (Å²) in [6.45, 7) is 16.5. The molecule has 0 radical (unpaired) electrons. The lowest BCUT2D eigenvalue weighted by molar-refractivity contribution is 0.272. The van der Waals surface area contributed by atoms with E-state index in [9.17, 15) is 0 Å². The minimum atomic E-state index is 0.437. The molecule has 2 aromatic carbocycles. The zero-order valence-electron chi connectivity index (χ0n) is 24.8. The summed E-state index contributed by atoms with van der Waals surface area (Å²) in [7, 11) is 0. The van der Waals surface area contributed by atoms with Crippen LogP contribution in [0.15, 0.2) is 84.0 Å². The topological polar surface area (TPSA) is 24.1 Å². The molecule has 0 fully saturated rings. The first-order valence-electron chi connectivity index (χ1n) is 15.3. The van der Waals surface area contributed by atoms with Crippen molar-refractivity contribution in [3.63, 3.8) is 0 Å². The summed E-state index contributed by atoms with van der Waals surface area (Å²) in [6, 6.07) is 23.7. The van der Waals surface area contributed by atoms with E-state index in [1.165, 1.54) is 48.0 Å². The van der Waals surface area contributed by atoms with Gasteiger partial charge in [0.25, 0.3) is 0 Å². The molecule has 0 aromatic heterocycles. The maximum atomic E-state index is 4.02. The van der Waals surface area contributed by atoms with Crippen LogP contribution in [-0.2, 0) is 0 Å². The summed E-state index contributed by atoms with van der Waals surface area (Å²) < 4.78 is 0. The Kier molecular flexibility index (Phi) is 10.4. The Labute approximate surface area is 233 Å². The van der Waals surface area contributed by atoms with Crippen molar-refractivity contribution in [2.45, 2.75) is 91.1 Å². The highest BCUT2D eigenvalue weighted by Crippen LogP contribution is 2.43. The van der Waals surface area contributed by atoms with Crippen LogP contribution >= 0.6 is 0 Å². The first-order valence-corrected chi connectivity index (χ1v) is 15.3. The predicted molar refractivity (Wildman–Crippen MR) is 165 cm³/mol. The van der Waals surface area contributed by atoms with Gasteiger partial charge in [0.2, 0.25) is 0 Å². The molecular weight excluding hydrogens is 460 g/mol. The number of hydrogen-bond acceptors (Lipinski definition) is 2. The van der Waals surface area contributed by atoms with Gasteiger partial charge in [-0.15, -0.1) is 0 Å². The molecule has 2 aromatic rings. The fourth-order valence-electron chi connectivity index (χ4n) is 7.37. The normalized spacial score (nSPS) is 27.1. The smallest absolute Gasteiger partial charge is 0.0302 e. The molecule has 38 heavy (non-hydrogen) atoms. The highest BCUT2D eigenvalue weighted by Gasteiger charge is 2.35. The average Bonchev–Trinajstić information content (AvgIpc) is 2.92. The van der Waals surface area contributed by atoms with E-state index in [4.69, 9.17) is 0 Å². The van der Waals surface area contributed by atoms with Crippen molar-refractivity contribution >= 4 is 0 Å². The van der Waals surface area contributed by atoms with Crippen LogP contribution in [0.3, 0.4) is 0 Å². The van der Waals surface area contributed by atoms with Gasteiger partial charge in [0.15, 0.2) is 0 Å². The largest absolute Gasteiger partial charge is 0.310 e. The van der Waals surface area contributed by atoms with E-state index in [0.29, 0.717) is 47.6 Å². The summed E-state index contributed by atoms with van der Waals surface area (Å²) in [6.07, 6.45) is 9.91. The minimum absolute atomic E-state index is 0.437. The van der Waals surface area contributed by atoms with E-state index in [1.807, 2.05) is 0 Å². The summed E-state index contributed by atoms with van der Waals surface area (Å²) in [5.74, 6) is 3.27. The quantitative estimate of drug-likeness (QED) is 0.295. The molecule has 206 valence electrons. The van der Waals surface area contributed by atoms with Crippen LogP contribution in [0.4, 0.5) is 0 Å². The molecule has 0 saturated carbocycles. The molecule has 0 aliphatic heterocycles. The number of benzene rings is 2. The van der Waals surface area contributed by atoms with Crippen molar-refractivity contribution in [3.05, 3.63) is 95.1 Å². The van der Waals surface area contributed by atoms with Crippen LogP contribution in [0, 0.1) is 23.7 Å². The van der Waals surface area contributed by atoms with Crippen LogP contribution in [0.5, 0.6) is 0 Å². The summed E-state index contributed by atoms with van der Waals surface area (Å²) in [5, 5.41) is 8.04. The fraction of sp³-hybridized carbons (Fsp3) is 0.556. The van der Waals surface area contributed by atoms with E-state index < -0.39 is 0 Å². The molecule has 2 aliphatic carbocycles. The first kappa shape index (κ1) is 28.8. The Morgan fingerprint density at radius 3 is 1.34 bits per heavy atom. The second kappa shape index (κ2) is 13.8. The maximum Gasteiger partial charge on any atom is 0.0302 e. The summed E-state index contributed by atoms with van der Waals surface area (Å²) in [4.78, 5) is 0. The molecule has 3 unspecified atom stereocenters. The molecule has 2 nitrogen and oxygen atoms in total. The van der Waals surface area contributed by atoms with Gasteiger partial charge in [-0.3, -0.25) is 0 Å². The maximum absolute atomic E-state index is 4.02. The second-order valence-corrected chi connectivity index (χ2v) is 12.6. The molecule has 2 aliphatic rings. The van der Waals surface area contributed by atoms with E-state index in [0.717, 1.165) is 13.1 Å². The lowest BCUT2D eigenvalue weighted by Crippen LogP contribution is -2.43. The molecule has 0 saturated heterocycles. The van der Waals surface area contributed by atoms with Crippen molar-refractivity contribution in [1.82, 2.24) is 10.6 Å². The third-order valence-electron chi connectivity index (χ3n) is 9.60. The van der Waals surface area contributed by atoms with Crippen molar-refractivity contribution in [3.8, 4) is 0 Å². The van der Waals surface area contributed by atoms with Gasteiger partial charge in [0.05, 0.1) is 0 Å². The Morgan fingerprint density at radius 1 is 0.632 bits per heavy atom. The lowest BCUT2D eigenvalue weighted by atomic mass is 9.69. The van der Waals surface area contributed by atoms with Crippen LogP contribution in [0.1, 0.15) is 90.2 Å². The van der Waals surface area contributed by atoms with Gasteiger partial charge < -0.3 is 10.6 Å². The van der Waals surface area contributed by atoms with Gasteiger partial charge in [0.1, 0.15) is 0 Å². The molecule has 0 amide bonds. The summed E-state index contributed by atoms with van der Waals surface area (Å²) in [5.41, 5.74) is 5.98. The van der Waals surface area contributed by atoms with Crippen molar-refractivity contribution in [2.75, 3.05) is 13.1 Å². The molecule has 2 heteroatoms. The van der Waals surface area contributed by atoms with E-state index >= 15 is 0 Å². The molecule has 0 heterocycles. The molecule has 0 spiro atoms. The van der Waals surface area contributed by atoms with Crippen molar-refractivity contribution in [1.29, 1.82) is 0 Å². The van der Waals surface area contributed by atoms with E-state index in [1.54, 1.807) is 0 Å². The van der Waals surface area contributed by atoms with E-state index in [-0.39, 0.29) is 0 Å². The van der Waals surface area contributed by atoms with Gasteiger partial charge in [-0.05, 0) is 99.3 Å². The van der Waals surface area contributed by atoms with Gasteiger partial charge in [0, 0.05) is 12.1 Å². The van der Waals surface area contributed by atoms with Gasteiger partial charge in [-0.1, -0.05) is 112 Å². The number of nitrogens with one attached hydrogen (secondary N) is 2. The van der Waals surface area contributed by atoms with Crippen LogP contribution in [0.25, 0.3) is 0 Å². The Balaban J connectivity index is 1.60. The van der Waals surface area contributed by atoms with E-state index in [2.05, 4.69) is 125 Å². The van der Waals surface area contributed by atoms with Crippen molar-refractivity contribution in [2.24, 2.45) is 23.7 Å². The molecule has 0 bridgehead atoms. The fourth-order valence-corrected chi connectivity index (χ4v) is 7.37. The second-order valence-electron chi connectivity index (χ2n) is 12.6. The number of allylic oxidation sites excluding steroid dienone is 2. The minimum Gasteiger partial charge on any atom is -0.310 e. The predicted octanol–water partition coefficient (Wildman–Crippen LogP) is 8.50. The number of hydrogen-bond donors (Lipinski definition) is 2. The third kappa shape index (κ3) is 7.07.